The van der Waals surface area contributed by atoms with Crippen LogP contribution >= 0.6 is 0 Å². The van der Waals surface area contributed by atoms with E-state index in [-0.39, 0.29) is 5.41 Å². The Morgan fingerprint density at radius 1 is 0.564 bits per heavy atom. The van der Waals surface area contributed by atoms with Gasteiger partial charge in [-0.1, -0.05) is 87.5 Å². The van der Waals surface area contributed by atoms with E-state index < -0.39 is 0 Å². The molecule has 0 saturated heterocycles. The summed E-state index contributed by atoms with van der Waals surface area (Å²) < 4.78 is 2.37. The molecule has 3 aromatic heterocycles. The predicted octanol–water partition coefficient (Wildman–Crippen LogP) is 9.36. The Morgan fingerprint density at radius 2 is 1.33 bits per heavy atom. The number of rotatable bonds is 3. The molecule has 0 radical (unpaired) electrons. The first-order valence-electron chi connectivity index (χ1n) is 13.4. The van der Waals surface area contributed by atoms with E-state index in [2.05, 4.69) is 135 Å². The molecule has 0 aliphatic carbocycles. The second-order valence-corrected chi connectivity index (χ2v) is 11.2. The zero-order chi connectivity index (χ0) is 26.6. The quantitative estimate of drug-likeness (QED) is 0.240. The molecule has 0 atom stereocenters. The average Bonchev–Trinajstić information content (AvgIpc) is 3.30. The van der Waals surface area contributed by atoms with Crippen LogP contribution in [0.15, 0.2) is 122 Å². The van der Waals surface area contributed by atoms with Crippen LogP contribution in [0.2, 0.25) is 0 Å². The van der Waals surface area contributed by atoms with Gasteiger partial charge in [0.25, 0.3) is 0 Å². The zero-order valence-electron chi connectivity index (χ0n) is 22.4. The topological polar surface area (TPSA) is 30.7 Å². The SMILES string of the molecule is CC(C)(C)c1ccnc(-c2cccc(-n3c4ccccc4c4ccc(-c5nccc6ccccc56)cc43)c2)c1. The number of benzene rings is 4. The first-order chi connectivity index (χ1) is 19.0. The molecule has 0 spiro atoms. The van der Waals surface area contributed by atoms with Crippen molar-refractivity contribution in [3.05, 3.63) is 127 Å². The van der Waals surface area contributed by atoms with E-state index >= 15 is 0 Å². The molecule has 188 valence electrons. The Morgan fingerprint density at radius 3 is 2.21 bits per heavy atom. The largest absolute Gasteiger partial charge is 0.309 e. The van der Waals surface area contributed by atoms with Gasteiger partial charge in [0.1, 0.15) is 0 Å². The Bertz CT molecular complexity index is 2000. The zero-order valence-corrected chi connectivity index (χ0v) is 22.4. The second kappa shape index (κ2) is 8.92. The Hall–Kier alpha value is -4.76. The van der Waals surface area contributed by atoms with Gasteiger partial charge >= 0.3 is 0 Å². The van der Waals surface area contributed by atoms with Crippen molar-refractivity contribution in [1.29, 1.82) is 0 Å². The molecule has 0 N–H and O–H groups in total. The molecule has 0 aliphatic heterocycles. The minimum Gasteiger partial charge on any atom is -0.309 e. The van der Waals surface area contributed by atoms with E-state index in [0.717, 1.165) is 39.1 Å². The van der Waals surface area contributed by atoms with Gasteiger partial charge in [0.2, 0.25) is 0 Å². The molecule has 0 unspecified atom stereocenters. The van der Waals surface area contributed by atoms with Gasteiger partial charge in [-0.3, -0.25) is 9.97 Å². The number of hydrogen-bond acceptors (Lipinski definition) is 2. The normalized spacial score (nSPS) is 12.0. The molecule has 3 nitrogen and oxygen atoms in total. The van der Waals surface area contributed by atoms with E-state index in [1.807, 2.05) is 12.4 Å². The summed E-state index contributed by atoms with van der Waals surface area (Å²) in [6.07, 6.45) is 3.83. The molecule has 0 saturated carbocycles. The minimum absolute atomic E-state index is 0.0637. The highest BCUT2D eigenvalue weighted by Gasteiger charge is 2.17. The van der Waals surface area contributed by atoms with Gasteiger partial charge in [0, 0.05) is 45.4 Å². The smallest absolute Gasteiger partial charge is 0.0781 e. The highest BCUT2D eigenvalue weighted by Crippen LogP contribution is 2.36. The van der Waals surface area contributed by atoms with Gasteiger partial charge in [0.15, 0.2) is 0 Å². The summed E-state index contributed by atoms with van der Waals surface area (Å²) in [6, 6.07) is 39.0. The molecule has 0 aliphatic rings. The molecule has 7 aromatic rings. The van der Waals surface area contributed by atoms with Gasteiger partial charge in [-0.15, -0.1) is 0 Å². The van der Waals surface area contributed by atoms with Crippen LogP contribution in [-0.4, -0.2) is 14.5 Å². The molecule has 3 heterocycles. The van der Waals surface area contributed by atoms with Gasteiger partial charge in [-0.25, -0.2) is 0 Å². The summed E-state index contributed by atoms with van der Waals surface area (Å²) in [5.41, 5.74) is 9.02. The van der Waals surface area contributed by atoms with Crippen molar-refractivity contribution in [3.63, 3.8) is 0 Å². The van der Waals surface area contributed by atoms with Crippen molar-refractivity contribution in [3.8, 4) is 28.2 Å². The lowest BCUT2D eigenvalue weighted by molar-refractivity contribution is 0.589. The summed E-state index contributed by atoms with van der Waals surface area (Å²) in [4.78, 5) is 9.54. The van der Waals surface area contributed by atoms with Crippen molar-refractivity contribution in [2.75, 3.05) is 0 Å². The molecule has 0 fully saturated rings. The predicted molar refractivity (Wildman–Crippen MR) is 163 cm³/mol. The highest BCUT2D eigenvalue weighted by atomic mass is 15.0. The lowest BCUT2D eigenvalue weighted by Gasteiger charge is -2.19. The number of nitrogens with zero attached hydrogens (tertiary/aromatic N) is 3. The van der Waals surface area contributed by atoms with Crippen LogP contribution in [0.25, 0.3) is 60.8 Å². The molecule has 7 rings (SSSR count). The van der Waals surface area contributed by atoms with E-state index in [1.165, 1.54) is 27.2 Å². The molecule has 0 amide bonds. The maximum Gasteiger partial charge on any atom is 0.0781 e. The standard InChI is InChI=1S/C36H29N3/c1-36(2,3)27-18-20-37-32(23-27)25-10-8-11-28(21-25)39-33-14-7-6-13-30(33)31-16-15-26(22-34(31)39)35-29-12-5-4-9-24(29)17-19-38-35/h4-23H,1-3H3. The second-order valence-electron chi connectivity index (χ2n) is 11.2. The van der Waals surface area contributed by atoms with Gasteiger partial charge in [-0.2, -0.15) is 0 Å². The average molecular weight is 504 g/mol. The molecule has 0 bridgehead atoms. The summed E-state index contributed by atoms with van der Waals surface area (Å²) in [5, 5.41) is 4.82. The number of fused-ring (bicyclic) bond motifs is 4. The maximum atomic E-state index is 4.80. The Labute approximate surface area is 228 Å². The maximum absolute atomic E-state index is 4.80. The van der Waals surface area contributed by atoms with Crippen LogP contribution in [0.1, 0.15) is 26.3 Å². The summed E-state index contributed by atoms with van der Waals surface area (Å²) in [6.45, 7) is 6.72. The molecular formula is C36H29N3. The molecule has 3 heteroatoms. The van der Waals surface area contributed by atoms with Crippen molar-refractivity contribution in [2.45, 2.75) is 26.2 Å². The van der Waals surface area contributed by atoms with Gasteiger partial charge < -0.3 is 4.57 Å². The Kier molecular flexibility index (Phi) is 5.34. The van der Waals surface area contributed by atoms with Crippen molar-refractivity contribution in [1.82, 2.24) is 14.5 Å². The fourth-order valence-corrected chi connectivity index (χ4v) is 5.60. The highest BCUT2D eigenvalue weighted by molar-refractivity contribution is 6.10. The number of para-hydroxylation sites is 1. The minimum atomic E-state index is 0.0637. The third-order valence-electron chi connectivity index (χ3n) is 7.65. The van der Waals surface area contributed by atoms with Crippen LogP contribution in [-0.2, 0) is 5.41 Å². The van der Waals surface area contributed by atoms with Crippen LogP contribution in [0.4, 0.5) is 0 Å². The van der Waals surface area contributed by atoms with Crippen LogP contribution in [0.5, 0.6) is 0 Å². The first-order valence-corrected chi connectivity index (χ1v) is 13.4. The fraction of sp³-hybridized carbons (Fsp3) is 0.111. The van der Waals surface area contributed by atoms with E-state index in [1.54, 1.807) is 0 Å². The van der Waals surface area contributed by atoms with Crippen LogP contribution in [0, 0.1) is 0 Å². The van der Waals surface area contributed by atoms with Crippen molar-refractivity contribution >= 4 is 32.6 Å². The van der Waals surface area contributed by atoms with Crippen molar-refractivity contribution in [2.24, 2.45) is 0 Å². The van der Waals surface area contributed by atoms with Crippen LogP contribution in [0.3, 0.4) is 0 Å². The lowest BCUT2D eigenvalue weighted by atomic mass is 9.87. The number of aromatic nitrogens is 3. The molecular weight excluding hydrogens is 474 g/mol. The lowest BCUT2D eigenvalue weighted by Crippen LogP contribution is -2.11. The van der Waals surface area contributed by atoms with E-state index in [4.69, 9.17) is 9.97 Å². The third-order valence-corrected chi connectivity index (χ3v) is 7.65. The van der Waals surface area contributed by atoms with E-state index in [9.17, 15) is 0 Å². The first kappa shape index (κ1) is 23.4. The molecule has 4 aromatic carbocycles. The number of pyridine rings is 2. The van der Waals surface area contributed by atoms with Crippen LogP contribution < -0.4 is 0 Å². The Balaban J connectivity index is 1.45. The fourth-order valence-electron chi connectivity index (χ4n) is 5.60. The summed E-state index contributed by atoms with van der Waals surface area (Å²) in [5.74, 6) is 0. The van der Waals surface area contributed by atoms with Gasteiger partial charge in [0.05, 0.1) is 22.4 Å². The van der Waals surface area contributed by atoms with E-state index in [0.29, 0.717) is 0 Å². The summed E-state index contributed by atoms with van der Waals surface area (Å²) >= 11 is 0. The monoisotopic (exact) mass is 503 g/mol. The summed E-state index contributed by atoms with van der Waals surface area (Å²) in [7, 11) is 0. The molecule has 39 heavy (non-hydrogen) atoms. The van der Waals surface area contributed by atoms with Gasteiger partial charge in [-0.05, 0) is 58.8 Å². The third kappa shape index (κ3) is 3.98. The van der Waals surface area contributed by atoms with Crippen molar-refractivity contribution < 1.29 is 0 Å². The number of hydrogen-bond donors (Lipinski definition) is 0.